The lowest BCUT2D eigenvalue weighted by atomic mass is 9.91. The highest BCUT2D eigenvalue weighted by atomic mass is 14.9. The molecule has 3 N–H and O–H groups in total. The summed E-state index contributed by atoms with van der Waals surface area (Å²) in [5.41, 5.74) is 8.24. The summed E-state index contributed by atoms with van der Waals surface area (Å²) in [4.78, 5) is 3.75. The second kappa shape index (κ2) is 7.05. The van der Waals surface area contributed by atoms with Crippen molar-refractivity contribution >= 4 is 10.9 Å². The van der Waals surface area contributed by atoms with Crippen LogP contribution in [0.3, 0.4) is 0 Å². The van der Waals surface area contributed by atoms with Crippen molar-refractivity contribution in [2.24, 2.45) is 0 Å². The van der Waals surface area contributed by atoms with Crippen LogP contribution in [-0.4, -0.2) is 4.98 Å². The summed E-state index contributed by atoms with van der Waals surface area (Å²) in [6, 6.07) is 28.9. The molecular weight excluding hydrogens is 328 g/mol. The molecule has 1 atom stereocenters. The zero-order valence-corrected chi connectivity index (χ0v) is 15.5. The molecule has 1 aliphatic carbocycles. The molecule has 0 fully saturated rings. The minimum absolute atomic E-state index is 0.529. The molecule has 0 radical (unpaired) electrons. The van der Waals surface area contributed by atoms with Crippen LogP contribution in [0.1, 0.15) is 35.7 Å². The number of aromatic nitrogens is 1. The Kier molecular flexibility index (Phi) is 4.27. The number of aromatic amines is 1. The number of H-pyrrole nitrogens is 1. The van der Waals surface area contributed by atoms with E-state index in [2.05, 4.69) is 89.2 Å². The number of aryl methyl sites for hydroxylation is 1. The van der Waals surface area contributed by atoms with Crippen molar-refractivity contribution < 1.29 is 5.32 Å². The Labute approximate surface area is 160 Å². The molecule has 0 saturated carbocycles. The van der Waals surface area contributed by atoms with Gasteiger partial charge in [-0.1, -0.05) is 66.7 Å². The molecule has 5 rings (SSSR count). The van der Waals surface area contributed by atoms with Gasteiger partial charge in [0.25, 0.3) is 0 Å². The second-order valence-electron chi connectivity index (χ2n) is 7.57. The van der Waals surface area contributed by atoms with Gasteiger partial charge < -0.3 is 10.3 Å². The molecule has 0 spiro atoms. The van der Waals surface area contributed by atoms with Gasteiger partial charge in [-0.2, -0.15) is 0 Å². The van der Waals surface area contributed by atoms with E-state index in [4.69, 9.17) is 0 Å². The maximum atomic E-state index is 3.75. The minimum atomic E-state index is 0.529. The highest BCUT2D eigenvalue weighted by Crippen LogP contribution is 2.35. The normalized spacial score (nSPS) is 16.4. The van der Waals surface area contributed by atoms with Gasteiger partial charge in [-0.15, -0.1) is 0 Å². The van der Waals surface area contributed by atoms with Crippen LogP contribution in [0.5, 0.6) is 0 Å². The van der Waals surface area contributed by atoms with Gasteiger partial charge in [0.05, 0.1) is 5.69 Å². The lowest BCUT2D eigenvalue weighted by Crippen LogP contribution is -2.84. The van der Waals surface area contributed by atoms with E-state index in [1.807, 2.05) is 0 Å². The van der Waals surface area contributed by atoms with Crippen LogP contribution in [0.25, 0.3) is 22.0 Å². The monoisotopic (exact) mass is 353 g/mol. The van der Waals surface area contributed by atoms with Gasteiger partial charge >= 0.3 is 0 Å². The number of rotatable bonds is 4. The van der Waals surface area contributed by atoms with Gasteiger partial charge in [0.1, 0.15) is 12.6 Å². The topological polar surface area (TPSA) is 32.4 Å². The molecule has 1 aromatic heterocycles. The molecule has 2 nitrogen and oxygen atoms in total. The summed E-state index contributed by atoms with van der Waals surface area (Å²) in [6.07, 6.45) is 3.70. The largest absolute Gasteiger partial charge is 0.353 e. The molecule has 0 aliphatic heterocycles. The van der Waals surface area contributed by atoms with Gasteiger partial charge in [-0.25, -0.2) is 0 Å². The first-order chi connectivity index (χ1) is 13.4. The van der Waals surface area contributed by atoms with E-state index in [1.165, 1.54) is 58.1 Å². The van der Waals surface area contributed by atoms with Gasteiger partial charge in [0.2, 0.25) is 0 Å². The molecule has 1 aliphatic rings. The number of hydrogen-bond acceptors (Lipinski definition) is 0. The Bertz CT molecular complexity index is 1050. The SMILES string of the molecule is c1ccc(C[NH2+][C@@H]2CCCc3c2[nH]c2ccc(-c4ccccc4)cc32)cc1. The highest BCUT2D eigenvalue weighted by Gasteiger charge is 2.26. The molecule has 0 unspecified atom stereocenters. The molecular formula is C25H25N2+. The quantitative estimate of drug-likeness (QED) is 0.519. The van der Waals surface area contributed by atoms with Crippen LogP contribution < -0.4 is 5.32 Å². The highest BCUT2D eigenvalue weighted by molar-refractivity contribution is 5.89. The summed E-state index contributed by atoms with van der Waals surface area (Å²) in [6.45, 7) is 1.04. The fourth-order valence-corrected chi connectivity index (χ4v) is 4.44. The fourth-order valence-electron chi connectivity index (χ4n) is 4.44. The van der Waals surface area contributed by atoms with E-state index < -0.39 is 0 Å². The molecule has 0 bridgehead atoms. The first-order valence-electron chi connectivity index (χ1n) is 9.96. The number of nitrogens with one attached hydrogen (secondary N) is 1. The van der Waals surface area contributed by atoms with Gasteiger partial charge in [0.15, 0.2) is 0 Å². The lowest BCUT2D eigenvalue weighted by Gasteiger charge is -2.21. The Morgan fingerprint density at radius 2 is 1.63 bits per heavy atom. The van der Waals surface area contributed by atoms with Crippen LogP contribution in [0, 0.1) is 0 Å². The lowest BCUT2D eigenvalue weighted by molar-refractivity contribution is -0.712. The Morgan fingerprint density at radius 1 is 0.852 bits per heavy atom. The second-order valence-corrected chi connectivity index (χ2v) is 7.57. The van der Waals surface area contributed by atoms with Crippen molar-refractivity contribution in [1.29, 1.82) is 0 Å². The van der Waals surface area contributed by atoms with Crippen molar-refractivity contribution in [2.45, 2.75) is 31.8 Å². The third kappa shape index (κ3) is 3.17. The van der Waals surface area contributed by atoms with Crippen LogP contribution in [0.15, 0.2) is 78.9 Å². The zero-order valence-electron chi connectivity index (χ0n) is 15.5. The molecule has 4 aromatic rings. The van der Waals surface area contributed by atoms with Crippen molar-refractivity contribution in [3.63, 3.8) is 0 Å². The maximum absolute atomic E-state index is 3.75. The van der Waals surface area contributed by atoms with E-state index in [1.54, 1.807) is 0 Å². The third-order valence-corrected chi connectivity index (χ3v) is 5.84. The van der Waals surface area contributed by atoms with Crippen LogP contribution in [0.2, 0.25) is 0 Å². The van der Waals surface area contributed by atoms with E-state index >= 15 is 0 Å². The van der Waals surface area contributed by atoms with Gasteiger partial charge in [0, 0.05) is 22.9 Å². The molecule has 0 amide bonds. The Hall–Kier alpha value is -2.84. The molecule has 134 valence electrons. The summed E-state index contributed by atoms with van der Waals surface area (Å²) < 4.78 is 0. The first kappa shape index (κ1) is 16.3. The molecule has 2 heteroatoms. The summed E-state index contributed by atoms with van der Waals surface area (Å²) in [7, 11) is 0. The van der Waals surface area contributed by atoms with E-state index in [0.717, 1.165) is 6.54 Å². The molecule has 27 heavy (non-hydrogen) atoms. The van der Waals surface area contributed by atoms with Crippen molar-refractivity contribution in [1.82, 2.24) is 4.98 Å². The summed E-state index contributed by atoms with van der Waals surface area (Å²) in [5, 5.41) is 3.91. The average Bonchev–Trinajstić information content (AvgIpc) is 3.12. The van der Waals surface area contributed by atoms with Crippen molar-refractivity contribution in [2.75, 3.05) is 0 Å². The minimum Gasteiger partial charge on any atom is -0.353 e. The number of nitrogens with two attached hydrogens (primary N) is 1. The van der Waals surface area contributed by atoms with Crippen molar-refractivity contribution in [3.05, 3.63) is 95.7 Å². The standard InChI is InChI=1S/C25H24N2/c1-3-8-18(9-4-1)17-26-24-13-7-12-21-22-16-20(19-10-5-2-6-11-19)14-15-23(22)27-25(21)24/h1-6,8-11,14-16,24,26-27H,7,12-13,17H2/p+1/t24-/m1/s1. The summed E-state index contributed by atoms with van der Waals surface area (Å²) >= 11 is 0. The number of benzene rings is 3. The number of quaternary nitrogens is 1. The Morgan fingerprint density at radius 3 is 2.44 bits per heavy atom. The predicted molar refractivity (Wildman–Crippen MR) is 111 cm³/mol. The van der Waals surface area contributed by atoms with E-state index in [0.29, 0.717) is 6.04 Å². The van der Waals surface area contributed by atoms with Gasteiger partial charge in [-0.05, 0) is 41.7 Å². The summed E-state index contributed by atoms with van der Waals surface area (Å²) in [5.74, 6) is 0. The van der Waals surface area contributed by atoms with E-state index in [9.17, 15) is 0 Å². The number of fused-ring (bicyclic) bond motifs is 3. The smallest absolute Gasteiger partial charge is 0.127 e. The van der Waals surface area contributed by atoms with Crippen LogP contribution in [0.4, 0.5) is 0 Å². The van der Waals surface area contributed by atoms with Crippen LogP contribution >= 0.6 is 0 Å². The Balaban J connectivity index is 1.47. The third-order valence-electron chi connectivity index (χ3n) is 5.84. The maximum Gasteiger partial charge on any atom is 0.127 e. The molecule has 1 heterocycles. The average molecular weight is 353 g/mol. The first-order valence-corrected chi connectivity index (χ1v) is 9.96. The molecule has 0 saturated heterocycles. The predicted octanol–water partition coefficient (Wildman–Crippen LogP) is 4.98. The zero-order chi connectivity index (χ0) is 18.1. The van der Waals surface area contributed by atoms with Crippen LogP contribution in [-0.2, 0) is 13.0 Å². The van der Waals surface area contributed by atoms with Crippen molar-refractivity contribution in [3.8, 4) is 11.1 Å². The fraction of sp³-hybridized carbons (Fsp3) is 0.200. The number of hydrogen-bond donors (Lipinski definition) is 2. The molecule has 3 aromatic carbocycles. The van der Waals surface area contributed by atoms with E-state index in [-0.39, 0.29) is 0 Å². The van der Waals surface area contributed by atoms with Gasteiger partial charge in [-0.3, -0.25) is 0 Å².